The summed E-state index contributed by atoms with van der Waals surface area (Å²) < 4.78 is 2.47. The second-order valence-electron chi connectivity index (χ2n) is 9.31. The van der Waals surface area contributed by atoms with E-state index in [4.69, 9.17) is 24.4 Å². The predicted molar refractivity (Wildman–Crippen MR) is 149 cm³/mol. The quantitative estimate of drug-likeness (QED) is 0.178. The van der Waals surface area contributed by atoms with Crippen molar-refractivity contribution in [1.29, 1.82) is 0 Å². The van der Waals surface area contributed by atoms with Crippen LogP contribution in [0.2, 0.25) is 0 Å². The topological polar surface area (TPSA) is 4.93 Å². The predicted octanol–water partition coefficient (Wildman–Crippen LogP) is 8.02. The summed E-state index contributed by atoms with van der Waals surface area (Å²) in [5.41, 5.74) is 8.39. The summed E-state index contributed by atoms with van der Waals surface area (Å²) in [6.45, 7) is 4.68. The zero-order valence-electron chi connectivity index (χ0n) is 18.2. The first-order valence-corrected chi connectivity index (χ1v) is 12.7. The minimum absolute atomic E-state index is 0.0911. The third-order valence-electron chi connectivity index (χ3n) is 7.17. The lowest BCUT2D eigenvalue weighted by atomic mass is 9.76. The van der Waals surface area contributed by atoms with E-state index in [0.717, 1.165) is 26.4 Å². The highest BCUT2D eigenvalue weighted by Crippen LogP contribution is 2.50. The van der Waals surface area contributed by atoms with E-state index in [2.05, 4.69) is 85.2 Å². The number of benzene rings is 3. The molecule has 1 aliphatic carbocycles. The number of para-hydroxylation sites is 2. The van der Waals surface area contributed by atoms with Crippen molar-refractivity contribution in [2.45, 2.75) is 19.3 Å². The van der Waals surface area contributed by atoms with Crippen LogP contribution in [0.4, 0.5) is 0 Å². The van der Waals surface area contributed by atoms with Gasteiger partial charge in [0.1, 0.15) is 5.00 Å². The first-order chi connectivity index (χ1) is 16.0. The highest BCUT2D eigenvalue weighted by Gasteiger charge is 2.37. The van der Waals surface area contributed by atoms with Gasteiger partial charge >= 0.3 is 0 Å². The average Bonchev–Trinajstić information content (AvgIpc) is 3.47. The van der Waals surface area contributed by atoms with Crippen molar-refractivity contribution >= 4 is 73.4 Å². The second kappa shape index (κ2) is 6.57. The van der Waals surface area contributed by atoms with Crippen LogP contribution in [0.3, 0.4) is 0 Å². The van der Waals surface area contributed by atoms with Gasteiger partial charge in [0.2, 0.25) is 0 Å². The van der Waals surface area contributed by atoms with E-state index < -0.39 is 0 Å². The Morgan fingerprint density at radius 1 is 0.788 bits per heavy atom. The smallest absolute Gasteiger partial charge is 0.105 e. The summed E-state index contributed by atoms with van der Waals surface area (Å²) >= 11 is 13.5. The Morgan fingerprint density at radius 2 is 1.45 bits per heavy atom. The highest BCUT2D eigenvalue weighted by molar-refractivity contribution is 7.84. The first kappa shape index (κ1) is 19.5. The molecule has 0 spiro atoms. The minimum atomic E-state index is -0.0911. The Labute approximate surface area is 207 Å². The lowest BCUT2D eigenvalue weighted by molar-refractivity contribution is 0.634. The van der Waals surface area contributed by atoms with Gasteiger partial charge in [-0.15, -0.1) is 11.3 Å². The molecule has 0 saturated carbocycles. The van der Waals surface area contributed by atoms with Crippen molar-refractivity contribution in [3.05, 3.63) is 106 Å². The minimum Gasteiger partial charge on any atom is -0.300 e. The standard InChI is InChI=1S/C29H19NS3/c1-29(2)22-12-7-11-18-17-8-5-6-13-24(17)30(25(18)22)28-23(29)15-16(33-28)14-21-26(31)19-9-3-4-10-20(19)27(21)32/h3-15H,1-2H3. The molecule has 0 unspecified atom stereocenters. The molecule has 0 N–H and O–H groups in total. The Bertz CT molecular complexity index is 1690. The maximum atomic E-state index is 5.83. The molecule has 0 fully saturated rings. The van der Waals surface area contributed by atoms with Crippen LogP contribution in [0.15, 0.2) is 78.4 Å². The van der Waals surface area contributed by atoms with E-state index in [1.54, 1.807) is 0 Å². The number of allylic oxidation sites excluding steroid dienone is 1. The van der Waals surface area contributed by atoms with E-state index in [1.807, 2.05) is 23.5 Å². The summed E-state index contributed by atoms with van der Waals surface area (Å²) in [6.07, 6.45) is 2.21. The fourth-order valence-electron chi connectivity index (χ4n) is 5.51. The third kappa shape index (κ3) is 2.46. The van der Waals surface area contributed by atoms with Crippen LogP contribution in [0.5, 0.6) is 0 Å². The van der Waals surface area contributed by atoms with Gasteiger partial charge in [-0.3, -0.25) is 0 Å². The van der Waals surface area contributed by atoms with Crippen molar-refractivity contribution in [2.24, 2.45) is 0 Å². The summed E-state index contributed by atoms with van der Waals surface area (Å²) in [5.74, 6) is 0. The molecule has 0 saturated heterocycles. The number of nitrogens with zero attached hydrogens (tertiary/aromatic N) is 1. The molecular weight excluding hydrogens is 459 g/mol. The third-order valence-corrected chi connectivity index (χ3v) is 9.12. The van der Waals surface area contributed by atoms with Gasteiger partial charge in [0.25, 0.3) is 0 Å². The Hall–Kier alpha value is -2.92. The monoisotopic (exact) mass is 477 g/mol. The zero-order valence-corrected chi connectivity index (χ0v) is 20.6. The van der Waals surface area contributed by atoms with E-state index in [9.17, 15) is 0 Å². The Kier molecular flexibility index (Phi) is 3.89. The molecule has 2 aromatic heterocycles. The molecule has 0 atom stereocenters. The molecule has 3 aromatic carbocycles. The van der Waals surface area contributed by atoms with Crippen LogP contribution in [-0.4, -0.2) is 14.3 Å². The van der Waals surface area contributed by atoms with Gasteiger partial charge in [0, 0.05) is 37.8 Å². The van der Waals surface area contributed by atoms with Crippen molar-refractivity contribution in [3.8, 4) is 5.00 Å². The van der Waals surface area contributed by atoms with Gasteiger partial charge in [-0.1, -0.05) is 98.9 Å². The molecule has 1 nitrogen and oxygen atoms in total. The second-order valence-corrected chi connectivity index (χ2v) is 11.2. The van der Waals surface area contributed by atoms with E-state index in [1.165, 1.54) is 42.8 Å². The lowest BCUT2D eigenvalue weighted by Crippen LogP contribution is -2.24. The Morgan fingerprint density at radius 3 is 2.21 bits per heavy atom. The Balaban J connectivity index is 1.49. The lowest BCUT2D eigenvalue weighted by Gasteiger charge is -2.32. The first-order valence-electron chi connectivity index (χ1n) is 11.0. The van der Waals surface area contributed by atoms with E-state index in [0.29, 0.717) is 0 Å². The molecule has 7 rings (SSSR count). The van der Waals surface area contributed by atoms with Gasteiger partial charge in [0.05, 0.1) is 20.8 Å². The molecule has 158 valence electrons. The molecule has 2 aliphatic rings. The molecule has 4 heteroatoms. The number of thiophene rings is 1. The van der Waals surface area contributed by atoms with E-state index >= 15 is 0 Å². The summed E-state index contributed by atoms with van der Waals surface area (Å²) in [4.78, 5) is 2.91. The van der Waals surface area contributed by atoms with Gasteiger partial charge in [-0.05, 0) is 29.3 Å². The van der Waals surface area contributed by atoms with Crippen LogP contribution in [-0.2, 0) is 5.41 Å². The summed E-state index contributed by atoms with van der Waals surface area (Å²) in [6, 6.07) is 26.0. The van der Waals surface area contributed by atoms with Gasteiger partial charge in [-0.25, -0.2) is 0 Å². The maximum Gasteiger partial charge on any atom is 0.105 e. The van der Waals surface area contributed by atoms with Crippen LogP contribution in [0, 0.1) is 0 Å². The van der Waals surface area contributed by atoms with Crippen LogP contribution in [0.1, 0.15) is 41.0 Å². The van der Waals surface area contributed by atoms with Gasteiger partial charge in [0.15, 0.2) is 0 Å². The zero-order chi connectivity index (χ0) is 22.5. The van der Waals surface area contributed by atoms with Gasteiger partial charge in [-0.2, -0.15) is 0 Å². The van der Waals surface area contributed by atoms with Crippen molar-refractivity contribution < 1.29 is 0 Å². The SMILES string of the molecule is CC1(C)c2cc(C=C3C(=S)c4ccccc4C3=S)sc2-n2c3ccccc3c3cccc1c32. The van der Waals surface area contributed by atoms with Crippen LogP contribution >= 0.6 is 35.8 Å². The highest BCUT2D eigenvalue weighted by atomic mass is 32.1. The van der Waals surface area contributed by atoms with Gasteiger partial charge < -0.3 is 4.57 Å². The molecule has 33 heavy (non-hydrogen) atoms. The molecule has 1 aliphatic heterocycles. The summed E-state index contributed by atoms with van der Waals surface area (Å²) in [5, 5.41) is 3.92. The average molecular weight is 478 g/mol. The van der Waals surface area contributed by atoms with Crippen LogP contribution < -0.4 is 0 Å². The number of hydrogen-bond acceptors (Lipinski definition) is 3. The molecule has 5 aromatic rings. The normalized spacial score (nSPS) is 15.9. The van der Waals surface area contributed by atoms with Crippen molar-refractivity contribution in [1.82, 2.24) is 4.57 Å². The molecule has 3 heterocycles. The summed E-state index contributed by atoms with van der Waals surface area (Å²) in [7, 11) is 0. The fraction of sp³-hybridized carbons (Fsp3) is 0.103. The van der Waals surface area contributed by atoms with Crippen LogP contribution in [0.25, 0.3) is 32.9 Å². The number of aromatic nitrogens is 1. The van der Waals surface area contributed by atoms with Crippen molar-refractivity contribution in [3.63, 3.8) is 0 Å². The number of thiocarbonyl (C=S) groups is 2. The number of fused-ring (bicyclic) bond motifs is 6. The molecule has 0 amide bonds. The molecule has 0 radical (unpaired) electrons. The van der Waals surface area contributed by atoms with Crippen molar-refractivity contribution in [2.75, 3.05) is 0 Å². The molecule has 0 bridgehead atoms. The maximum absolute atomic E-state index is 5.83. The number of rotatable bonds is 1. The largest absolute Gasteiger partial charge is 0.300 e. The molecular formula is C29H19NS3. The van der Waals surface area contributed by atoms with E-state index in [-0.39, 0.29) is 5.41 Å². The fourth-order valence-corrected chi connectivity index (χ4v) is 7.53. The number of hydrogen-bond donors (Lipinski definition) is 0.